The van der Waals surface area contributed by atoms with E-state index in [9.17, 15) is 4.79 Å². The van der Waals surface area contributed by atoms with Gasteiger partial charge in [0.05, 0.1) is 6.17 Å². The lowest BCUT2D eigenvalue weighted by Crippen LogP contribution is -2.52. The van der Waals surface area contributed by atoms with Crippen LogP contribution in [0.4, 0.5) is 0 Å². The van der Waals surface area contributed by atoms with Crippen LogP contribution in [0.3, 0.4) is 0 Å². The molecule has 0 radical (unpaired) electrons. The standard InChI is InChI=1S/C17H25N3O/c1-4-5-14-16-13(9-15(21)18-17(16)20-19-14)12-8-10(2)6-7-11(12)3/h6-8,13-14,16-17,19-20H,4-5,9H2,1-3H3,(H,18,21). The smallest absolute Gasteiger partial charge is 0.221 e. The van der Waals surface area contributed by atoms with Crippen molar-refractivity contribution in [2.75, 3.05) is 0 Å². The van der Waals surface area contributed by atoms with E-state index in [1.807, 2.05) is 0 Å². The van der Waals surface area contributed by atoms with Crippen molar-refractivity contribution in [2.45, 2.75) is 58.2 Å². The summed E-state index contributed by atoms with van der Waals surface area (Å²) in [7, 11) is 0. The van der Waals surface area contributed by atoms with Crippen molar-refractivity contribution in [3.05, 3.63) is 34.9 Å². The second-order valence-corrected chi connectivity index (χ2v) is 6.48. The van der Waals surface area contributed by atoms with E-state index >= 15 is 0 Å². The lowest BCUT2D eigenvalue weighted by molar-refractivity contribution is -0.125. The van der Waals surface area contributed by atoms with Crippen LogP contribution in [-0.4, -0.2) is 18.1 Å². The van der Waals surface area contributed by atoms with Crippen LogP contribution in [0.5, 0.6) is 0 Å². The summed E-state index contributed by atoms with van der Waals surface area (Å²) in [5.41, 5.74) is 10.6. The Kier molecular flexibility index (Phi) is 4.00. The molecule has 2 fully saturated rings. The number of nitrogens with one attached hydrogen (secondary N) is 3. The fourth-order valence-corrected chi connectivity index (χ4v) is 3.89. The van der Waals surface area contributed by atoms with Crippen molar-refractivity contribution in [1.82, 2.24) is 16.2 Å². The van der Waals surface area contributed by atoms with Crippen molar-refractivity contribution < 1.29 is 4.79 Å². The predicted octanol–water partition coefficient (Wildman–Crippen LogP) is 2.13. The minimum Gasteiger partial charge on any atom is -0.339 e. The van der Waals surface area contributed by atoms with Crippen LogP contribution in [0, 0.1) is 19.8 Å². The van der Waals surface area contributed by atoms with Crippen LogP contribution in [0.15, 0.2) is 18.2 Å². The minimum atomic E-state index is 0.0488. The number of carbonyl (C=O) groups is 1. The predicted molar refractivity (Wildman–Crippen MR) is 83.7 cm³/mol. The molecule has 1 aromatic carbocycles. The Morgan fingerprint density at radius 2 is 2.05 bits per heavy atom. The van der Waals surface area contributed by atoms with Gasteiger partial charge in [-0.05, 0) is 31.4 Å². The van der Waals surface area contributed by atoms with E-state index in [1.54, 1.807) is 0 Å². The van der Waals surface area contributed by atoms with Gasteiger partial charge in [0, 0.05) is 24.3 Å². The highest BCUT2D eigenvalue weighted by Gasteiger charge is 2.45. The van der Waals surface area contributed by atoms with Gasteiger partial charge in [0.1, 0.15) is 0 Å². The number of piperidine rings is 1. The normalized spacial score (nSPS) is 31.9. The van der Waals surface area contributed by atoms with Crippen LogP contribution < -0.4 is 16.2 Å². The summed E-state index contributed by atoms with van der Waals surface area (Å²) >= 11 is 0. The minimum absolute atomic E-state index is 0.0488. The van der Waals surface area contributed by atoms with Crippen LogP contribution in [0.1, 0.15) is 48.8 Å². The number of benzene rings is 1. The van der Waals surface area contributed by atoms with Crippen molar-refractivity contribution in [3.63, 3.8) is 0 Å². The van der Waals surface area contributed by atoms with E-state index in [2.05, 4.69) is 55.1 Å². The van der Waals surface area contributed by atoms with E-state index in [0.29, 0.717) is 24.3 Å². The number of aryl methyl sites for hydroxylation is 2. The molecule has 2 saturated heterocycles. The van der Waals surface area contributed by atoms with E-state index in [-0.39, 0.29) is 12.1 Å². The topological polar surface area (TPSA) is 53.2 Å². The first-order valence-electron chi connectivity index (χ1n) is 7.97. The van der Waals surface area contributed by atoms with Crippen LogP contribution in [0.2, 0.25) is 0 Å². The highest BCUT2D eigenvalue weighted by molar-refractivity contribution is 5.78. The van der Waals surface area contributed by atoms with Gasteiger partial charge in [-0.1, -0.05) is 37.1 Å². The van der Waals surface area contributed by atoms with Gasteiger partial charge in [-0.3, -0.25) is 10.2 Å². The molecule has 114 valence electrons. The molecule has 1 amide bonds. The Morgan fingerprint density at radius 1 is 1.24 bits per heavy atom. The summed E-state index contributed by atoms with van der Waals surface area (Å²) < 4.78 is 0. The van der Waals surface area contributed by atoms with Gasteiger partial charge >= 0.3 is 0 Å². The zero-order valence-electron chi connectivity index (χ0n) is 13.1. The van der Waals surface area contributed by atoms with E-state index in [0.717, 1.165) is 12.8 Å². The Hall–Kier alpha value is -1.39. The molecule has 0 aromatic heterocycles. The molecule has 1 aromatic rings. The van der Waals surface area contributed by atoms with Crippen molar-refractivity contribution in [1.29, 1.82) is 0 Å². The molecular weight excluding hydrogens is 262 g/mol. The fraction of sp³-hybridized carbons (Fsp3) is 0.588. The number of hydrogen-bond donors (Lipinski definition) is 3. The summed E-state index contributed by atoms with van der Waals surface area (Å²) in [5, 5.41) is 3.09. The average Bonchev–Trinajstić information content (AvgIpc) is 2.84. The fourth-order valence-electron chi connectivity index (χ4n) is 3.89. The number of rotatable bonds is 3. The number of hydrazine groups is 1. The SMILES string of the molecule is CCCC1NNC2NC(=O)CC(c3cc(C)ccc3C)C12. The van der Waals surface area contributed by atoms with Crippen molar-refractivity contribution >= 4 is 5.91 Å². The summed E-state index contributed by atoms with van der Waals surface area (Å²) in [6.07, 6.45) is 2.92. The molecule has 21 heavy (non-hydrogen) atoms. The molecule has 0 bridgehead atoms. The average molecular weight is 287 g/mol. The third-order valence-corrected chi connectivity index (χ3v) is 4.89. The van der Waals surface area contributed by atoms with Gasteiger partial charge in [-0.15, -0.1) is 0 Å². The molecular formula is C17H25N3O. The molecule has 3 N–H and O–H groups in total. The van der Waals surface area contributed by atoms with Gasteiger partial charge in [0.2, 0.25) is 5.91 Å². The van der Waals surface area contributed by atoms with E-state index in [1.165, 1.54) is 16.7 Å². The summed E-state index contributed by atoms with van der Waals surface area (Å²) in [4.78, 5) is 12.1. The lowest BCUT2D eigenvalue weighted by Gasteiger charge is -2.36. The van der Waals surface area contributed by atoms with Crippen LogP contribution in [-0.2, 0) is 4.79 Å². The molecule has 0 saturated carbocycles. The molecule has 4 atom stereocenters. The van der Waals surface area contributed by atoms with Gasteiger partial charge in [0.25, 0.3) is 0 Å². The Labute approximate surface area is 126 Å². The molecule has 2 heterocycles. The van der Waals surface area contributed by atoms with Gasteiger partial charge in [-0.25, -0.2) is 5.43 Å². The molecule has 0 aliphatic carbocycles. The van der Waals surface area contributed by atoms with Crippen LogP contribution in [0.25, 0.3) is 0 Å². The van der Waals surface area contributed by atoms with Gasteiger partial charge < -0.3 is 5.32 Å². The highest BCUT2D eigenvalue weighted by atomic mass is 16.2. The quantitative estimate of drug-likeness (QED) is 0.798. The molecule has 4 heteroatoms. The number of amides is 1. The summed E-state index contributed by atoms with van der Waals surface area (Å²) in [6, 6.07) is 7.01. The molecule has 2 aliphatic heterocycles. The molecule has 4 nitrogen and oxygen atoms in total. The molecule has 4 unspecified atom stereocenters. The van der Waals surface area contributed by atoms with Crippen molar-refractivity contribution in [2.24, 2.45) is 5.92 Å². The highest BCUT2D eigenvalue weighted by Crippen LogP contribution is 2.39. The first kappa shape index (κ1) is 14.5. The molecule has 3 rings (SSSR count). The first-order valence-corrected chi connectivity index (χ1v) is 7.97. The largest absolute Gasteiger partial charge is 0.339 e. The zero-order valence-corrected chi connectivity index (χ0v) is 13.1. The Bertz CT molecular complexity index is 543. The third kappa shape index (κ3) is 2.70. The number of carbonyl (C=O) groups excluding carboxylic acids is 1. The maximum Gasteiger partial charge on any atom is 0.221 e. The van der Waals surface area contributed by atoms with Gasteiger partial charge in [0.15, 0.2) is 0 Å². The Morgan fingerprint density at radius 3 is 2.81 bits per heavy atom. The van der Waals surface area contributed by atoms with E-state index < -0.39 is 0 Å². The summed E-state index contributed by atoms with van der Waals surface area (Å²) in [5.74, 6) is 0.861. The zero-order chi connectivity index (χ0) is 15.0. The lowest BCUT2D eigenvalue weighted by atomic mass is 9.74. The van der Waals surface area contributed by atoms with Gasteiger partial charge in [-0.2, -0.15) is 0 Å². The third-order valence-electron chi connectivity index (χ3n) is 4.89. The first-order chi connectivity index (χ1) is 10.1. The summed E-state index contributed by atoms with van der Waals surface area (Å²) in [6.45, 7) is 6.49. The number of fused-ring (bicyclic) bond motifs is 1. The van der Waals surface area contributed by atoms with Crippen molar-refractivity contribution in [3.8, 4) is 0 Å². The van der Waals surface area contributed by atoms with Crippen LogP contribution >= 0.6 is 0 Å². The number of hydrogen-bond acceptors (Lipinski definition) is 3. The molecule has 0 spiro atoms. The second kappa shape index (κ2) is 5.78. The molecule has 2 aliphatic rings. The second-order valence-electron chi connectivity index (χ2n) is 6.48. The van der Waals surface area contributed by atoms with E-state index in [4.69, 9.17) is 0 Å². The maximum absolute atomic E-state index is 12.1. The monoisotopic (exact) mass is 287 g/mol. The Balaban J connectivity index is 1.97. The maximum atomic E-state index is 12.1.